The van der Waals surface area contributed by atoms with Crippen molar-refractivity contribution in [3.63, 3.8) is 0 Å². The van der Waals surface area contributed by atoms with Gasteiger partial charge >= 0.3 is 0 Å². The van der Waals surface area contributed by atoms with Gasteiger partial charge in [0.05, 0.1) is 0 Å². The Kier molecular flexibility index (Phi) is 4.17. The molecule has 1 atom stereocenters. The van der Waals surface area contributed by atoms with Crippen molar-refractivity contribution in [1.29, 1.82) is 0 Å². The largest absolute Gasteiger partial charge is 0.412 e. The van der Waals surface area contributed by atoms with E-state index < -0.39 is 0 Å². The molecule has 0 spiro atoms. The molecule has 1 unspecified atom stereocenters. The SMILES string of the molecule is CCC1CC#CCC1.O. The molecular weight excluding hydrogens is 112 g/mol. The fourth-order valence-electron chi connectivity index (χ4n) is 1.03. The van der Waals surface area contributed by atoms with E-state index in [2.05, 4.69) is 18.8 Å². The van der Waals surface area contributed by atoms with Gasteiger partial charge in [0.25, 0.3) is 0 Å². The third-order valence-corrected chi connectivity index (χ3v) is 1.77. The van der Waals surface area contributed by atoms with Crippen molar-refractivity contribution in [2.75, 3.05) is 0 Å². The molecule has 0 heterocycles. The molecule has 0 saturated heterocycles. The minimum atomic E-state index is 0. The lowest BCUT2D eigenvalue weighted by Crippen LogP contribution is -1.99. The summed E-state index contributed by atoms with van der Waals surface area (Å²) in [6, 6.07) is 0. The maximum Gasteiger partial charge on any atom is 0.0117 e. The summed E-state index contributed by atoms with van der Waals surface area (Å²) in [6.07, 6.45) is 4.94. The highest BCUT2D eigenvalue weighted by Crippen LogP contribution is 2.16. The fourth-order valence-corrected chi connectivity index (χ4v) is 1.03. The third-order valence-electron chi connectivity index (χ3n) is 1.77. The molecule has 1 heteroatoms. The zero-order valence-corrected chi connectivity index (χ0v) is 5.91. The van der Waals surface area contributed by atoms with Crippen LogP contribution in [0.15, 0.2) is 0 Å². The molecule has 1 aliphatic rings. The van der Waals surface area contributed by atoms with E-state index in [1.54, 1.807) is 0 Å². The first-order chi connectivity index (χ1) is 3.93. The summed E-state index contributed by atoms with van der Waals surface area (Å²) in [5, 5.41) is 0. The fraction of sp³-hybridized carbons (Fsp3) is 0.750. The van der Waals surface area contributed by atoms with Crippen LogP contribution in [-0.2, 0) is 0 Å². The van der Waals surface area contributed by atoms with Crippen LogP contribution in [0.2, 0.25) is 0 Å². The molecule has 0 aliphatic heterocycles. The van der Waals surface area contributed by atoms with Crippen LogP contribution in [0.4, 0.5) is 0 Å². The van der Waals surface area contributed by atoms with Crippen molar-refractivity contribution < 1.29 is 5.48 Å². The van der Waals surface area contributed by atoms with Crippen LogP contribution in [0, 0.1) is 17.8 Å². The molecule has 0 radical (unpaired) electrons. The van der Waals surface area contributed by atoms with Crippen LogP contribution >= 0.6 is 0 Å². The summed E-state index contributed by atoms with van der Waals surface area (Å²) in [4.78, 5) is 0. The Morgan fingerprint density at radius 1 is 1.44 bits per heavy atom. The van der Waals surface area contributed by atoms with Gasteiger partial charge in [0.15, 0.2) is 0 Å². The molecule has 0 amide bonds. The van der Waals surface area contributed by atoms with Crippen molar-refractivity contribution in [3.05, 3.63) is 0 Å². The molecule has 0 aromatic carbocycles. The predicted octanol–water partition coefficient (Wildman–Crippen LogP) is 1.38. The summed E-state index contributed by atoms with van der Waals surface area (Å²) in [7, 11) is 0. The second kappa shape index (κ2) is 4.40. The first-order valence-corrected chi connectivity index (χ1v) is 3.39. The van der Waals surface area contributed by atoms with Crippen LogP contribution in [0.25, 0.3) is 0 Å². The highest BCUT2D eigenvalue weighted by molar-refractivity contribution is 5.03. The molecule has 2 N–H and O–H groups in total. The second-order valence-electron chi connectivity index (χ2n) is 2.37. The lowest BCUT2D eigenvalue weighted by molar-refractivity contribution is 0.481. The number of rotatable bonds is 1. The zero-order chi connectivity index (χ0) is 5.82. The van der Waals surface area contributed by atoms with Gasteiger partial charge in [-0.3, -0.25) is 0 Å². The molecule has 0 aromatic rings. The first kappa shape index (κ1) is 8.52. The maximum absolute atomic E-state index is 3.14. The van der Waals surface area contributed by atoms with E-state index in [4.69, 9.17) is 0 Å². The van der Waals surface area contributed by atoms with Crippen molar-refractivity contribution in [1.82, 2.24) is 0 Å². The maximum atomic E-state index is 3.14. The molecule has 0 bridgehead atoms. The summed E-state index contributed by atoms with van der Waals surface area (Å²) in [5.74, 6) is 7.15. The molecule has 0 fully saturated rings. The normalized spacial score (nSPS) is 23.4. The van der Waals surface area contributed by atoms with E-state index in [9.17, 15) is 0 Å². The minimum absolute atomic E-state index is 0. The molecule has 52 valence electrons. The zero-order valence-electron chi connectivity index (χ0n) is 5.91. The van der Waals surface area contributed by atoms with Crippen LogP contribution in [0.1, 0.15) is 32.6 Å². The van der Waals surface area contributed by atoms with Gasteiger partial charge in [-0.15, -0.1) is 11.8 Å². The summed E-state index contributed by atoms with van der Waals surface area (Å²) in [6.45, 7) is 2.25. The van der Waals surface area contributed by atoms with Gasteiger partial charge in [0, 0.05) is 12.8 Å². The predicted molar refractivity (Wildman–Crippen MR) is 39.0 cm³/mol. The lowest BCUT2D eigenvalue weighted by atomic mass is 9.94. The Balaban J connectivity index is 0.000000640. The smallest absolute Gasteiger partial charge is 0.0117 e. The lowest BCUT2D eigenvalue weighted by Gasteiger charge is -2.10. The minimum Gasteiger partial charge on any atom is -0.412 e. The molecule has 0 saturated carbocycles. The third kappa shape index (κ3) is 2.53. The van der Waals surface area contributed by atoms with Crippen LogP contribution < -0.4 is 0 Å². The van der Waals surface area contributed by atoms with Crippen LogP contribution in [-0.4, -0.2) is 5.48 Å². The van der Waals surface area contributed by atoms with Crippen LogP contribution in [0.5, 0.6) is 0 Å². The van der Waals surface area contributed by atoms with Crippen molar-refractivity contribution in [2.45, 2.75) is 32.6 Å². The molecule has 1 aliphatic carbocycles. The summed E-state index contributed by atoms with van der Waals surface area (Å²) < 4.78 is 0. The Morgan fingerprint density at radius 2 is 2.22 bits per heavy atom. The highest BCUT2D eigenvalue weighted by atomic mass is 16.0. The van der Waals surface area contributed by atoms with Crippen LogP contribution in [0.3, 0.4) is 0 Å². The quantitative estimate of drug-likeness (QED) is 0.475. The van der Waals surface area contributed by atoms with Crippen molar-refractivity contribution in [2.24, 2.45) is 5.92 Å². The van der Waals surface area contributed by atoms with Gasteiger partial charge in [-0.1, -0.05) is 13.3 Å². The van der Waals surface area contributed by atoms with Gasteiger partial charge in [-0.05, 0) is 12.3 Å². The molecule has 1 rings (SSSR count). The Hall–Kier alpha value is -0.480. The topological polar surface area (TPSA) is 31.5 Å². The van der Waals surface area contributed by atoms with E-state index in [1.165, 1.54) is 12.8 Å². The highest BCUT2D eigenvalue weighted by Gasteiger charge is 2.04. The number of hydrogen-bond donors (Lipinski definition) is 0. The Labute approximate surface area is 56.8 Å². The Morgan fingerprint density at radius 3 is 2.56 bits per heavy atom. The van der Waals surface area contributed by atoms with Crippen molar-refractivity contribution in [3.8, 4) is 11.8 Å². The van der Waals surface area contributed by atoms with E-state index >= 15 is 0 Å². The molecular formula is C8H14O. The molecule has 9 heavy (non-hydrogen) atoms. The van der Waals surface area contributed by atoms with Crippen molar-refractivity contribution >= 4 is 0 Å². The molecule has 1 nitrogen and oxygen atoms in total. The Bertz CT molecular complexity index is 118. The summed E-state index contributed by atoms with van der Waals surface area (Å²) in [5.41, 5.74) is 0. The average molecular weight is 126 g/mol. The second-order valence-corrected chi connectivity index (χ2v) is 2.37. The van der Waals surface area contributed by atoms with Gasteiger partial charge in [-0.2, -0.15) is 0 Å². The summed E-state index contributed by atoms with van der Waals surface area (Å²) >= 11 is 0. The average Bonchev–Trinajstić information content (AvgIpc) is 1.90. The van der Waals surface area contributed by atoms with E-state index in [1.807, 2.05) is 0 Å². The van der Waals surface area contributed by atoms with E-state index in [0.29, 0.717) is 0 Å². The first-order valence-electron chi connectivity index (χ1n) is 3.39. The monoisotopic (exact) mass is 126 g/mol. The van der Waals surface area contributed by atoms with Gasteiger partial charge in [0.1, 0.15) is 0 Å². The molecule has 0 aromatic heterocycles. The van der Waals surface area contributed by atoms with E-state index in [-0.39, 0.29) is 5.48 Å². The standard InChI is InChI=1S/C8H12.H2O/c1-2-8-6-4-3-5-7-8;/h8H,2,4,6-7H2,1H3;1H2. The van der Waals surface area contributed by atoms with E-state index in [0.717, 1.165) is 18.8 Å². The van der Waals surface area contributed by atoms with Gasteiger partial charge < -0.3 is 5.48 Å². The van der Waals surface area contributed by atoms with Gasteiger partial charge in [0.2, 0.25) is 0 Å². The van der Waals surface area contributed by atoms with Gasteiger partial charge in [-0.25, -0.2) is 0 Å². The number of hydrogen-bond acceptors (Lipinski definition) is 0.